The topological polar surface area (TPSA) is 123 Å². The van der Waals surface area contributed by atoms with Crippen LogP contribution in [0.3, 0.4) is 0 Å². The van der Waals surface area contributed by atoms with E-state index in [1.54, 1.807) is 0 Å². The Morgan fingerprint density at radius 1 is 1.25 bits per heavy atom. The van der Waals surface area contributed by atoms with Gasteiger partial charge in [-0.15, -0.1) is 0 Å². The Kier molecular flexibility index (Phi) is 8.17. The summed E-state index contributed by atoms with van der Waals surface area (Å²) in [7, 11) is -4.85. The molecule has 0 spiro atoms. The fraction of sp³-hybridized carbons (Fsp3) is 0. The number of aromatic carboxylic acids is 1. The molecular weight excluding hydrogens is 256 g/mol. The molecule has 2 N–H and O–H groups in total. The number of nitrogen functional groups attached to an aromatic ring is 1. The van der Waals surface area contributed by atoms with E-state index in [4.69, 9.17) is 5.73 Å². The molecule has 0 fully saturated rings. The smallest absolute Gasteiger partial charge is 0.744 e. The maximum absolute atomic E-state index is 10.6. The van der Waals surface area contributed by atoms with Gasteiger partial charge in [0.15, 0.2) is 0 Å². The molecule has 0 bridgehead atoms. The van der Waals surface area contributed by atoms with Crippen molar-refractivity contribution in [3.8, 4) is 0 Å². The first-order valence-electron chi connectivity index (χ1n) is 3.39. The Morgan fingerprint density at radius 2 is 1.75 bits per heavy atom. The number of rotatable bonds is 2. The van der Waals surface area contributed by atoms with Gasteiger partial charge in [0.2, 0.25) is 0 Å². The van der Waals surface area contributed by atoms with Crippen LogP contribution < -0.4 is 70.0 Å². The first-order valence-corrected chi connectivity index (χ1v) is 4.80. The molecule has 1 aromatic carbocycles. The van der Waals surface area contributed by atoms with Crippen LogP contribution in [-0.2, 0) is 10.1 Å². The molecule has 0 aliphatic carbocycles. The number of nitrogens with two attached hydrogens (primary N) is 1. The zero-order chi connectivity index (χ0) is 10.9. The molecule has 0 aliphatic heterocycles. The molecule has 9 heteroatoms. The van der Waals surface area contributed by atoms with Crippen LogP contribution in [0, 0.1) is 0 Å². The van der Waals surface area contributed by atoms with Crippen molar-refractivity contribution in [2.24, 2.45) is 0 Å². The van der Waals surface area contributed by atoms with Gasteiger partial charge in [0.25, 0.3) is 0 Å². The van der Waals surface area contributed by atoms with Crippen LogP contribution in [0.2, 0.25) is 0 Å². The van der Waals surface area contributed by atoms with Gasteiger partial charge in [-0.05, 0) is 18.2 Å². The van der Waals surface area contributed by atoms with Crippen LogP contribution in [0.15, 0.2) is 23.1 Å². The molecular formula is C7H5NNa2O5S. The second-order valence-corrected chi connectivity index (χ2v) is 3.85. The van der Waals surface area contributed by atoms with Crippen molar-refractivity contribution >= 4 is 21.8 Å². The Morgan fingerprint density at radius 3 is 2.12 bits per heavy atom. The first kappa shape index (κ1) is 18.8. The summed E-state index contributed by atoms with van der Waals surface area (Å²) in [5.41, 5.74) is 4.51. The van der Waals surface area contributed by atoms with Crippen molar-refractivity contribution < 1.29 is 82.0 Å². The number of carboxylic acid groups (broad SMARTS) is 1. The standard InChI is InChI=1S/C7H7NO5S.2Na/c8-4-1-2-5(7(9)10)6(3-4)14(11,12)13;;/h1-3H,8H2,(H,9,10)(H,11,12,13);;/q;2*+1/p-2. The maximum atomic E-state index is 10.6. The maximum Gasteiger partial charge on any atom is 1.00 e. The van der Waals surface area contributed by atoms with Gasteiger partial charge < -0.3 is 20.2 Å². The number of anilines is 1. The van der Waals surface area contributed by atoms with Gasteiger partial charge in [0.1, 0.15) is 10.1 Å². The fourth-order valence-electron chi connectivity index (χ4n) is 0.914. The number of carboxylic acids is 1. The Labute approximate surface area is 137 Å². The molecule has 0 radical (unpaired) electrons. The van der Waals surface area contributed by atoms with Crippen molar-refractivity contribution in [3.05, 3.63) is 23.8 Å². The van der Waals surface area contributed by atoms with Crippen LogP contribution >= 0.6 is 0 Å². The van der Waals surface area contributed by atoms with Crippen molar-refractivity contribution in [1.29, 1.82) is 0 Å². The van der Waals surface area contributed by atoms with E-state index >= 15 is 0 Å². The number of carbonyl (C=O) groups excluding carboxylic acids is 1. The molecule has 0 aromatic heterocycles. The summed E-state index contributed by atoms with van der Waals surface area (Å²) in [6.45, 7) is 0. The minimum atomic E-state index is -4.85. The van der Waals surface area contributed by atoms with Crippen LogP contribution in [0.5, 0.6) is 0 Å². The molecule has 0 saturated heterocycles. The predicted molar refractivity (Wildman–Crippen MR) is 43.1 cm³/mol. The summed E-state index contributed by atoms with van der Waals surface area (Å²) in [4.78, 5) is 9.55. The van der Waals surface area contributed by atoms with Crippen molar-refractivity contribution in [2.75, 3.05) is 5.73 Å². The molecule has 16 heavy (non-hydrogen) atoms. The summed E-state index contributed by atoms with van der Waals surface area (Å²) in [6, 6.07) is 2.86. The van der Waals surface area contributed by atoms with E-state index < -0.39 is 26.5 Å². The van der Waals surface area contributed by atoms with Crippen LogP contribution in [0.4, 0.5) is 5.69 Å². The molecule has 0 atom stereocenters. The number of carbonyl (C=O) groups is 1. The molecule has 1 aromatic rings. The van der Waals surface area contributed by atoms with E-state index in [0.717, 1.165) is 12.1 Å². The molecule has 6 nitrogen and oxygen atoms in total. The Bertz CT molecular complexity index is 488. The molecule has 0 heterocycles. The molecule has 1 rings (SSSR count). The normalized spacial score (nSPS) is 9.81. The van der Waals surface area contributed by atoms with Crippen molar-refractivity contribution in [3.63, 3.8) is 0 Å². The second-order valence-electron chi connectivity index (χ2n) is 2.50. The second kappa shape index (κ2) is 6.97. The zero-order valence-electron chi connectivity index (χ0n) is 8.76. The molecule has 0 unspecified atom stereocenters. The third kappa shape index (κ3) is 4.72. The van der Waals surface area contributed by atoms with Crippen LogP contribution in [-0.4, -0.2) is 18.9 Å². The summed E-state index contributed by atoms with van der Waals surface area (Å²) in [5.74, 6) is -1.74. The monoisotopic (exact) mass is 261 g/mol. The summed E-state index contributed by atoms with van der Waals surface area (Å²) in [6.07, 6.45) is 0. The van der Waals surface area contributed by atoms with Gasteiger partial charge in [-0.25, -0.2) is 8.42 Å². The minimum Gasteiger partial charge on any atom is -0.744 e. The molecule has 0 saturated carbocycles. The molecule has 76 valence electrons. The average molecular weight is 261 g/mol. The van der Waals surface area contributed by atoms with Gasteiger partial charge in [-0.2, -0.15) is 0 Å². The van der Waals surface area contributed by atoms with Gasteiger partial charge in [0, 0.05) is 11.3 Å². The number of benzene rings is 1. The SMILES string of the molecule is Nc1ccc(C(=O)[O-])c(S(=O)(=O)[O-])c1.[Na+].[Na+]. The number of hydrogen-bond acceptors (Lipinski definition) is 6. The van der Waals surface area contributed by atoms with Crippen LogP contribution in [0.25, 0.3) is 0 Å². The summed E-state index contributed by atoms with van der Waals surface area (Å²) >= 11 is 0. The third-order valence-electron chi connectivity index (χ3n) is 1.49. The predicted octanol–water partition coefficient (Wildman–Crippen LogP) is -7.46. The van der Waals surface area contributed by atoms with Crippen LogP contribution in [0.1, 0.15) is 10.4 Å². The average Bonchev–Trinajstić information content (AvgIpc) is 2.01. The van der Waals surface area contributed by atoms with E-state index in [2.05, 4.69) is 0 Å². The zero-order valence-corrected chi connectivity index (χ0v) is 13.6. The van der Waals surface area contributed by atoms with Gasteiger partial charge in [0.05, 0.1) is 10.9 Å². The van der Waals surface area contributed by atoms with E-state index in [-0.39, 0.29) is 64.8 Å². The van der Waals surface area contributed by atoms with E-state index in [9.17, 15) is 22.9 Å². The Hall–Kier alpha value is 0.400. The molecule has 0 aliphatic rings. The van der Waals surface area contributed by atoms with E-state index in [0.29, 0.717) is 0 Å². The first-order chi connectivity index (χ1) is 6.32. The van der Waals surface area contributed by atoms with Crippen molar-refractivity contribution in [2.45, 2.75) is 4.90 Å². The van der Waals surface area contributed by atoms with E-state index in [1.165, 1.54) is 6.07 Å². The minimum absolute atomic E-state index is 0. The fourth-order valence-corrected chi connectivity index (χ4v) is 1.62. The van der Waals surface area contributed by atoms with Gasteiger partial charge in [-0.1, -0.05) is 0 Å². The van der Waals surface area contributed by atoms with Crippen molar-refractivity contribution in [1.82, 2.24) is 0 Å². The quantitative estimate of drug-likeness (QED) is 0.320. The largest absolute Gasteiger partial charge is 1.00 e. The summed E-state index contributed by atoms with van der Waals surface area (Å²) < 4.78 is 31.8. The summed E-state index contributed by atoms with van der Waals surface area (Å²) in [5, 5.41) is 10.4. The molecule has 0 amide bonds. The Balaban J connectivity index is 0. The van der Waals surface area contributed by atoms with Gasteiger partial charge in [-0.3, -0.25) is 0 Å². The van der Waals surface area contributed by atoms with Gasteiger partial charge >= 0.3 is 59.1 Å². The number of hydrogen-bond donors (Lipinski definition) is 1. The third-order valence-corrected chi connectivity index (χ3v) is 2.37. The van der Waals surface area contributed by atoms with E-state index in [1.807, 2.05) is 0 Å².